The molecule has 2 bridgehead atoms. The highest BCUT2D eigenvalue weighted by atomic mass is 16.6. The number of hydrogen-bond donors (Lipinski definition) is 1. The molecule has 1 aliphatic heterocycles. The van der Waals surface area contributed by atoms with E-state index in [4.69, 9.17) is 4.74 Å². The quantitative estimate of drug-likeness (QED) is 0.782. The van der Waals surface area contributed by atoms with Gasteiger partial charge in [-0.1, -0.05) is 6.92 Å². The van der Waals surface area contributed by atoms with Gasteiger partial charge in [0.2, 0.25) is 0 Å². The predicted octanol–water partition coefficient (Wildman–Crippen LogP) is 2.40. The van der Waals surface area contributed by atoms with Crippen molar-refractivity contribution in [3.8, 4) is 0 Å². The molecule has 2 fully saturated rings. The molecular formula is C14H25NO3. The first-order valence-electron chi connectivity index (χ1n) is 6.82. The number of aliphatic hydroxyl groups is 1. The van der Waals surface area contributed by atoms with Crippen molar-refractivity contribution in [1.29, 1.82) is 0 Å². The number of aliphatic hydroxyl groups excluding tert-OH is 1. The lowest BCUT2D eigenvalue weighted by Gasteiger charge is -2.45. The molecule has 0 spiro atoms. The van der Waals surface area contributed by atoms with Crippen molar-refractivity contribution >= 4 is 6.09 Å². The topological polar surface area (TPSA) is 49.8 Å². The summed E-state index contributed by atoms with van der Waals surface area (Å²) in [5.74, 6) is 0.964. The maximum Gasteiger partial charge on any atom is 0.411 e. The third-order valence-electron chi connectivity index (χ3n) is 4.48. The van der Waals surface area contributed by atoms with Crippen LogP contribution in [0.5, 0.6) is 0 Å². The molecule has 1 aliphatic carbocycles. The van der Waals surface area contributed by atoms with Gasteiger partial charge in [0.05, 0.1) is 12.1 Å². The van der Waals surface area contributed by atoms with Crippen molar-refractivity contribution in [2.24, 2.45) is 11.8 Å². The first kappa shape index (κ1) is 13.7. The van der Waals surface area contributed by atoms with Gasteiger partial charge in [-0.25, -0.2) is 4.79 Å². The Balaban J connectivity index is 2.20. The van der Waals surface area contributed by atoms with Crippen LogP contribution in [0.1, 0.15) is 47.5 Å². The second-order valence-corrected chi connectivity index (χ2v) is 7.07. The van der Waals surface area contributed by atoms with Crippen LogP contribution in [0.4, 0.5) is 4.79 Å². The normalized spacial score (nSPS) is 39.2. The maximum atomic E-state index is 12.3. The van der Waals surface area contributed by atoms with Crippen molar-refractivity contribution in [3.05, 3.63) is 0 Å². The van der Waals surface area contributed by atoms with E-state index in [0.29, 0.717) is 11.8 Å². The monoisotopic (exact) mass is 255 g/mol. The van der Waals surface area contributed by atoms with Crippen molar-refractivity contribution in [2.75, 3.05) is 6.61 Å². The fraction of sp³-hybridized carbons (Fsp3) is 0.929. The molecule has 1 unspecified atom stereocenters. The van der Waals surface area contributed by atoms with E-state index in [9.17, 15) is 9.90 Å². The summed E-state index contributed by atoms with van der Waals surface area (Å²) in [6.45, 7) is 9.83. The Bertz CT molecular complexity index is 349. The molecule has 18 heavy (non-hydrogen) atoms. The molecule has 0 radical (unpaired) electrons. The van der Waals surface area contributed by atoms with Gasteiger partial charge in [-0.15, -0.1) is 0 Å². The van der Waals surface area contributed by atoms with Gasteiger partial charge in [0, 0.05) is 6.04 Å². The summed E-state index contributed by atoms with van der Waals surface area (Å²) in [5.41, 5.74) is -0.939. The third-order valence-corrected chi connectivity index (χ3v) is 4.48. The van der Waals surface area contributed by atoms with Crippen LogP contribution in [-0.4, -0.2) is 39.9 Å². The van der Waals surface area contributed by atoms with Crippen molar-refractivity contribution in [2.45, 2.75) is 64.6 Å². The van der Waals surface area contributed by atoms with Gasteiger partial charge >= 0.3 is 6.09 Å². The van der Waals surface area contributed by atoms with E-state index in [0.717, 1.165) is 12.8 Å². The van der Waals surface area contributed by atoms with E-state index in [1.54, 1.807) is 4.90 Å². The minimum Gasteiger partial charge on any atom is -0.444 e. The van der Waals surface area contributed by atoms with Gasteiger partial charge in [0.1, 0.15) is 5.60 Å². The molecular weight excluding hydrogens is 230 g/mol. The second-order valence-electron chi connectivity index (χ2n) is 7.07. The Morgan fingerprint density at radius 3 is 2.56 bits per heavy atom. The smallest absolute Gasteiger partial charge is 0.411 e. The molecule has 0 aromatic heterocycles. The van der Waals surface area contributed by atoms with Crippen LogP contribution in [0.25, 0.3) is 0 Å². The minimum absolute atomic E-state index is 0.0117. The molecule has 4 atom stereocenters. The first-order chi connectivity index (χ1) is 8.19. The van der Waals surface area contributed by atoms with Gasteiger partial charge in [-0.3, -0.25) is 4.90 Å². The Kier molecular flexibility index (Phi) is 3.13. The number of likely N-dealkylation sites (tertiary alicyclic amines) is 1. The summed E-state index contributed by atoms with van der Waals surface area (Å²) in [6, 6.07) is 0.233. The molecule has 1 saturated heterocycles. The fourth-order valence-corrected chi connectivity index (χ4v) is 3.75. The van der Waals surface area contributed by atoms with Crippen molar-refractivity contribution in [3.63, 3.8) is 0 Å². The fourth-order valence-electron chi connectivity index (χ4n) is 3.75. The Labute approximate surface area is 109 Å². The van der Waals surface area contributed by atoms with E-state index in [1.807, 2.05) is 27.7 Å². The standard InChI is InChI=1S/C14H25NO3/c1-9-6-10-7-11(9)14(5,8-16)15(10)12(17)18-13(2,3)4/h9-11,16H,6-8H2,1-5H3/t9-,10?,11+,14+/m1/s1. The molecule has 4 nitrogen and oxygen atoms in total. The Hall–Kier alpha value is -0.770. The van der Waals surface area contributed by atoms with Gasteiger partial charge in [0.25, 0.3) is 0 Å². The molecule has 1 saturated carbocycles. The van der Waals surface area contributed by atoms with Crippen LogP contribution in [0.3, 0.4) is 0 Å². The zero-order valence-corrected chi connectivity index (χ0v) is 12.1. The molecule has 1 amide bonds. The minimum atomic E-state index is -0.485. The molecule has 2 rings (SSSR count). The molecule has 4 heteroatoms. The average molecular weight is 255 g/mol. The zero-order chi connectivity index (χ0) is 13.7. The zero-order valence-electron chi connectivity index (χ0n) is 12.1. The summed E-state index contributed by atoms with van der Waals surface area (Å²) >= 11 is 0. The van der Waals surface area contributed by atoms with E-state index >= 15 is 0 Å². The van der Waals surface area contributed by atoms with Gasteiger partial charge in [-0.05, 0) is 52.4 Å². The predicted molar refractivity (Wildman–Crippen MR) is 69.2 cm³/mol. The third kappa shape index (κ3) is 2.00. The van der Waals surface area contributed by atoms with E-state index in [2.05, 4.69) is 6.92 Å². The number of amides is 1. The SMILES string of the molecule is C[C@@H]1CC2C[C@@H]1[C@](C)(CO)N2C(=O)OC(C)(C)C. The number of fused-ring (bicyclic) bond motifs is 2. The van der Waals surface area contributed by atoms with Crippen LogP contribution < -0.4 is 0 Å². The van der Waals surface area contributed by atoms with Gasteiger partial charge in [-0.2, -0.15) is 0 Å². The van der Waals surface area contributed by atoms with E-state index in [-0.39, 0.29) is 18.7 Å². The second kappa shape index (κ2) is 4.12. The van der Waals surface area contributed by atoms with Crippen LogP contribution in [-0.2, 0) is 4.74 Å². The molecule has 104 valence electrons. The number of hydrogen-bond acceptors (Lipinski definition) is 3. The number of rotatable bonds is 1. The Morgan fingerprint density at radius 2 is 2.06 bits per heavy atom. The highest BCUT2D eigenvalue weighted by Gasteiger charge is 2.59. The summed E-state index contributed by atoms with van der Waals surface area (Å²) in [7, 11) is 0. The van der Waals surface area contributed by atoms with Crippen LogP contribution in [0.15, 0.2) is 0 Å². The van der Waals surface area contributed by atoms with Gasteiger partial charge < -0.3 is 9.84 Å². The Morgan fingerprint density at radius 1 is 1.44 bits per heavy atom. The molecule has 0 aromatic carbocycles. The molecule has 0 aromatic rings. The highest BCUT2D eigenvalue weighted by molar-refractivity contribution is 5.70. The summed E-state index contributed by atoms with van der Waals surface area (Å²) in [5, 5.41) is 9.73. The molecule has 2 aliphatic rings. The number of carbonyl (C=O) groups is 1. The van der Waals surface area contributed by atoms with Crippen molar-refractivity contribution < 1.29 is 14.6 Å². The summed E-state index contributed by atoms with van der Waals surface area (Å²) in [4.78, 5) is 14.1. The summed E-state index contributed by atoms with van der Waals surface area (Å²) < 4.78 is 5.48. The van der Waals surface area contributed by atoms with Crippen LogP contribution in [0.2, 0.25) is 0 Å². The number of ether oxygens (including phenoxy) is 1. The number of nitrogens with zero attached hydrogens (tertiary/aromatic N) is 1. The average Bonchev–Trinajstić information content (AvgIpc) is 2.69. The van der Waals surface area contributed by atoms with Crippen molar-refractivity contribution in [1.82, 2.24) is 4.90 Å². The number of carbonyl (C=O) groups excluding carboxylic acids is 1. The highest BCUT2D eigenvalue weighted by Crippen LogP contribution is 2.52. The molecule has 1 heterocycles. The van der Waals surface area contributed by atoms with E-state index < -0.39 is 11.1 Å². The lowest BCUT2D eigenvalue weighted by molar-refractivity contribution is -0.0393. The first-order valence-corrected chi connectivity index (χ1v) is 6.82. The van der Waals surface area contributed by atoms with E-state index in [1.165, 1.54) is 0 Å². The summed E-state index contributed by atoms with van der Waals surface area (Å²) in [6.07, 6.45) is 1.75. The largest absolute Gasteiger partial charge is 0.444 e. The number of piperidine rings is 1. The van der Waals surface area contributed by atoms with Gasteiger partial charge in [0.15, 0.2) is 0 Å². The lowest BCUT2D eigenvalue weighted by Crippen LogP contribution is -2.58. The van der Waals surface area contributed by atoms with Crippen LogP contribution >= 0.6 is 0 Å². The van der Waals surface area contributed by atoms with Crippen LogP contribution in [0, 0.1) is 11.8 Å². The lowest BCUT2D eigenvalue weighted by atomic mass is 9.79. The molecule has 1 N–H and O–H groups in total. The maximum absolute atomic E-state index is 12.3.